The minimum Gasteiger partial charge on any atom is -0.329 e. The van der Waals surface area contributed by atoms with Gasteiger partial charge >= 0.3 is 0 Å². The van der Waals surface area contributed by atoms with Crippen LogP contribution in [-0.4, -0.2) is 25.4 Å². The van der Waals surface area contributed by atoms with Crippen LogP contribution >= 0.6 is 12.4 Å². The second-order valence-corrected chi connectivity index (χ2v) is 6.68. The third kappa shape index (κ3) is 4.60. The van der Waals surface area contributed by atoms with Gasteiger partial charge in [0, 0.05) is 18.2 Å². The zero-order valence-electron chi connectivity index (χ0n) is 11.7. The minimum atomic E-state index is -4.10. The summed E-state index contributed by atoms with van der Waals surface area (Å²) in [6.45, 7) is 4.32. The van der Waals surface area contributed by atoms with Gasteiger partial charge in [0.2, 0.25) is 10.0 Å². The van der Waals surface area contributed by atoms with Gasteiger partial charge in [0.15, 0.2) is 0 Å². The van der Waals surface area contributed by atoms with E-state index in [4.69, 9.17) is 5.73 Å². The fourth-order valence-electron chi connectivity index (χ4n) is 1.45. The molecule has 0 aliphatic rings. The second kappa shape index (κ2) is 6.65. The van der Waals surface area contributed by atoms with Crippen molar-refractivity contribution in [2.24, 2.45) is 5.73 Å². The minimum absolute atomic E-state index is 0. The molecule has 0 heterocycles. The molecule has 0 atom stereocenters. The first-order valence-electron chi connectivity index (χ1n) is 5.69. The molecular formula is C11H17ClFN3O4S. The van der Waals surface area contributed by atoms with Gasteiger partial charge in [-0.15, -0.1) is 12.4 Å². The average Bonchev–Trinajstić information content (AvgIpc) is 2.30. The van der Waals surface area contributed by atoms with Gasteiger partial charge in [-0.25, -0.2) is 17.5 Å². The summed E-state index contributed by atoms with van der Waals surface area (Å²) in [6, 6.07) is 1.57. The van der Waals surface area contributed by atoms with Crippen molar-refractivity contribution in [2.75, 3.05) is 6.54 Å². The molecule has 10 heteroatoms. The summed E-state index contributed by atoms with van der Waals surface area (Å²) >= 11 is 0. The number of rotatable bonds is 5. The monoisotopic (exact) mass is 341 g/mol. The Morgan fingerprint density at radius 3 is 2.38 bits per heavy atom. The predicted molar refractivity (Wildman–Crippen MR) is 78.5 cm³/mol. The molecule has 1 aromatic rings. The molecule has 0 radical (unpaired) electrons. The summed E-state index contributed by atoms with van der Waals surface area (Å²) in [6.07, 6.45) is 0. The molecule has 0 fully saturated rings. The highest BCUT2D eigenvalue weighted by Gasteiger charge is 2.28. The third-order valence-corrected chi connectivity index (χ3v) is 4.40. The Morgan fingerprint density at radius 1 is 1.43 bits per heavy atom. The molecule has 0 bridgehead atoms. The first-order chi connectivity index (χ1) is 9.00. The summed E-state index contributed by atoms with van der Waals surface area (Å²) in [7, 11) is -4.10. The summed E-state index contributed by atoms with van der Waals surface area (Å²) < 4.78 is 40.1. The van der Waals surface area contributed by atoms with Crippen LogP contribution in [0.2, 0.25) is 0 Å². The van der Waals surface area contributed by atoms with Crippen LogP contribution in [0, 0.1) is 22.9 Å². The highest BCUT2D eigenvalue weighted by Crippen LogP contribution is 2.25. The van der Waals surface area contributed by atoms with Crippen molar-refractivity contribution in [3.8, 4) is 0 Å². The number of halogens is 2. The summed E-state index contributed by atoms with van der Waals surface area (Å²) in [5.74, 6) is -0.954. The van der Waals surface area contributed by atoms with Crippen LogP contribution in [0.25, 0.3) is 0 Å². The Bertz CT molecular complexity index is 649. The SMILES string of the molecule is Cc1c(F)cc(S(=O)(=O)NC(C)(C)CN)cc1[N+](=O)[O-].Cl. The van der Waals surface area contributed by atoms with Gasteiger partial charge in [-0.05, 0) is 26.8 Å². The number of nitrogens with two attached hydrogens (primary N) is 1. The average molecular weight is 342 g/mol. The smallest absolute Gasteiger partial charge is 0.276 e. The van der Waals surface area contributed by atoms with E-state index in [1.165, 1.54) is 6.92 Å². The third-order valence-electron chi connectivity index (χ3n) is 2.72. The van der Waals surface area contributed by atoms with Crippen LogP contribution in [0.15, 0.2) is 17.0 Å². The summed E-state index contributed by atoms with van der Waals surface area (Å²) in [4.78, 5) is 9.46. The van der Waals surface area contributed by atoms with Crippen LogP contribution in [0.4, 0.5) is 10.1 Å². The first-order valence-corrected chi connectivity index (χ1v) is 7.17. The number of benzene rings is 1. The normalized spacial score (nSPS) is 11.9. The zero-order valence-corrected chi connectivity index (χ0v) is 13.3. The molecule has 120 valence electrons. The molecule has 0 unspecified atom stereocenters. The molecule has 3 N–H and O–H groups in total. The number of nitro benzene ring substituents is 1. The van der Waals surface area contributed by atoms with Crippen molar-refractivity contribution in [1.82, 2.24) is 4.72 Å². The Labute approximate surface area is 128 Å². The molecule has 1 rings (SSSR count). The van der Waals surface area contributed by atoms with Crippen LogP contribution in [0.5, 0.6) is 0 Å². The van der Waals surface area contributed by atoms with Crippen molar-refractivity contribution in [3.63, 3.8) is 0 Å². The summed E-state index contributed by atoms with van der Waals surface area (Å²) in [5, 5.41) is 10.8. The molecule has 7 nitrogen and oxygen atoms in total. The summed E-state index contributed by atoms with van der Waals surface area (Å²) in [5.41, 5.74) is 3.66. The molecule has 21 heavy (non-hydrogen) atoms. The fourth-order valence-corrected chi connectivity index (χ4v) is 2.90. The highest BCUT2D eigenvalue weighted by molar-refractivity contribution is 7.89. The van der Waals surface area contributed by atoms with Crippen molar-refractivity contribution < 1.29 is 17.7 Å². The van der Waals surface area contributed by atoms with Crippen molar-refractivity contribution >= 4 is 28.1 Å². The molecule has 0 spiro atoms. The standard InChI is InChI=1S/C11H16FN3O4S.ClH/c1-7-9(12)4-8(5-10(7)15(16)17)20(18,19)14-11(2,3)6-13;/h4-5,14H,6,13H2,1-3H3;1H. The van der Waals surface area contributed by atoms with E-state index in [2.05, 4.69) is 4.72 Å². The number of hydrogen-bond donors (Lipinski definition) is 2. The van der Waals surface area contributed by atoms with E-state index in [0.29, 0.717) is 0 Å². The quantitative estimate of drug-likeness (QED) is 0.621. The van der Waals surface area contributed by atoms with Gasteiger partial charge in [-0.1, -0.05) is 0 Å². The van der Waals surface area contributed by atoms with Gasteiger partial charge in [-0.3, -0.25) is 10.1 Å². The molecule has 0 saturated carbocycles. The molecule has 0 aromatic heterocycles. The highest BCUT2D eigenvalue weighted by atomic mass is 35.5. The van der Waals surface area contributed by atoms with Crippen molar-refractivity contribution in [1.29, 1.82) is 0 Å². The van der Waals surface area contributed by atoms with Crippen LogP contribution in [0.3, 0.4) is 0 Å². The van der Waals surface area contributed by atoms with Gasteiger partial charge in [-0.2, -0.15) is 0 Å². The first kappa shape index (κ1) is 19.7. The lowest BCUT2D eigenvalue weighted by Gasteiger charge is -2.23. The van der Waals surface area contributed by atoms with E-state index in [-0.39, 0.29) is 24.5 Å². The lowest BCUT2D eigenvalue weighted by Crippen LogP contribution is -2.48. The van der Waals surface area contributed by atoms with E-state index >= 15 is 0 Å². The number of sulfonamides is 1. The maximum Gasteiger partial charge on any atom is 0.276 e. The lowest BCUT2D eigenvalue weighted by molar-refractivity contribution is -0.385. The van der Waals surface area contributed by atoms with Gasteiger partial charge in [0.05, 0.1) is 15.4 Å². The maximum atomic E-state index is 13.6. The lowest BCUT2D eigenvalue weighted by atomic mass is 10.1. The molecule has 0 aliphatic carbocycles. The topological polar surface area (TPSA) is 115 Å². The second-order valence-electron chi connectivity index (χ2n) is 5.00. The van der Waals surface area contributed by atoms with Gasteiger partial charge in [0.25, 0.3) is 5.69 Å². The fraction of sp³-hybridized carbons (Fsp3) is 0.455. The largest absolute Gasteiger partial charge is 0.329 e. The van der Waals surface area contributed by atoms with Gasteiger partial charge < -0.3 is 5.73 Å². The van der Waals surface area contributed by atoms with Crippen molar-refractivity contribution in [2.45, 2.75) is 31.2 Å². The molecule has 0 amide bonds. The Morgan fingerprint density at radius 2 is 1.95 bits per heavy atom. The number of nitrogens with zero attached hydrogens (tertiary/aromatic N) is 1. The van der Waals surface area contributed by atoms with Crippen LogP contribution in [-0.2, 0) is 10.0 Å². The molecule has 0 saturated heterocycles. The maximum absolute atomic E-state index is 13.6. The van der Waals surface area contributed by atoms with E-state index in [1.54, 1.807) is 13.8 Å². The zero-order chi connectivity index (χ0) is 15.7. The Balaban J connectivity index is 0.00000400. The predicted octanol–water partition coefficient (Wildman–Crippen LogP) is 1.48. The molecule has 1 aromatic carbocycles. The molecule has 0 aliphatic heterocycles. The van der Waals surface area contributed by atoms with Gasteiger partial charge in [0.1, 0.15) is 5.82 Å². The molecular weight excluding hydrogens is 325 g/mol. The van der Waals surface area contributed by atoms with E-state index < -0.39 is 36.9 Å². The van der Waals surface area contributed by atoms with Crippen molar-refractivity contribution in [3.05, 3.63) is 33.6 Å². The Hall–Kier alpha value is -1.29. The van der Waals surface area contributed by atoms with Crippen LogP contribution < -0.4 is 10.5 Å². The number of nitro groups is 1. The Kier molecular flexibility index (Phi) is 6.24. The van der Waals surface area contributed by atoms with E-state index in [9.17, 15) is 22.9 Å². The van der Waals surface area contributed by atoms with E-state index in [0.717, 1.165) is 12.1 Å². The van der Waals surface area contributed by atoms with E-state index in [1.807, 2.05) is 0 Å². The number of nitrogens with one attached hydrogen (secondary N) is 1. The number of hydrogen-bond acceptors (Lipinski definition) is 5. The van der Waals surface area contributed by atoms with Crippen LogP contribution in [0.1, 0.15) is 19.4 Å².